The van der Waals surface area contributed by atoms with E-state index < -0.39 is 6.10 Å². The Balaban J connectivity index is 1.67. The Morgan fingerprint density at radius 3 is 2.65 bits per heavy atom. The fourth-order valence-corrected chi connectivity index (χ4v) is 3.54. The molecule has 126 valence electrons. The number of fused-ring (bicyclic) bond motifs is 1. The van der Waals surface area contributed by atoms with Crippen molar-refractivity contribution in [3.63, 3.8) is 0 Å². The molecule has 1 aliphatic rings. The van der Waals surface area contributed by atoms with Crippen LogP contribution >= 0.6 is 0 Å². The normalized spacial score (nSPS) is 17.7. The van der Waals surface area contributed by atoms with E-state index >= 15 is 0 Å². The van der Waals surface area contributed by atoms with Crippen LogP contribution in [0, 0.1) is 13.8 Å². The molecule has 23 heavy (non-hydrogen) atoms. The molecule has 0 saturated heterocycles. The third-order valence-electron chi connectivity index (χ3n) is 5.08. The summed E-state index contributed by atoms with van der Waals surface area (Å²) < 4.78 is 10.2. The number of ether oxygens (including phenoxy) is 1. The van der Waals surface area contributed by atoms with Crippen molar-refractivity contribution in [3.8, 4) is 0 Å². The molecule has 4 nitrogen and oxygen atoms in total. The van der Waals surface area contributed by atoms with E-state index in [2.05, 4.69) is 48.5 Å². The molecule has 4 heteroatoms. The number of benzene rings is 1. The molecule has 0 amide bonds. The van der Waals surface area contributed by atoms with Crippen LogP contribution in [-0.2, 0) is 18.3 Å². The van der Waals surface area contributed by atoms with E-state index in [1.54, 1.807) is 0 Å². The first-order valence-electron chi connectivity index (χ1n) is 8.80. The highest BCUT2D eigenvalue weighted by atomic mass is 16.5. The Hall–Kier alpha value is -1.39. The highest BCUT2D eigenvalue weighted by molar-refractivity contribution is 5.74. The van der Waals surface area contributed by atoms with Gasteiger partial charge in [-0.2, -0.15) is 0 Å². The minimum absolute atomic E-state index is 0.348. The predicted octanol–water partition coefficient (Wildman–Crippen LogP) is 2.79. The molecule has 0 bridgehead atoms. The number of aliphatic hydroxyl groups excluding tert-OH is 1. The van der Waals surface area contributed by atoms with Gasteiger partial charge in [-0.1, -0.05) is 19.3 Å². The summed E-state index contributed by atoms with van der Waals surface area (Å²) in [6.45, 7) is 5.28. The quantitative estimate of drug-likeness (QED) is 0.861. The first kappa shape index (κ1) is 16.5. The topological polar surface area (TPSA) is 38.3 Å². The second-order valence-corrected chi connectivity index (χ2v) is 7.05. The van der Waals surface area contributed by atoms with E-state index in [0.29, 0.717) is 19.3 Å². The van der Waals surface area contributed by atoms with Crippen molar-refractivity contribution in [1.82, 2.24) is 4.57 Å². The lowest BCUT2D eigenvalue weighted by molar-refractivity contribution is -0.645. The fourth-order valence-electron chi connectivity index (χ4n) is 3.54. The SMILES string of the molecule is Cc1cc2c(cc1C)[n+](C)cn2C[C@H](O)COC1CCCCC1. The predicted molar refractivity (Wildman–Crippen MR) is 91.4 cm³/mol. The summed E-state index contributed by atoms with van der Waals surface area (Å²) in [5, 5.41) is 10.4. The molecule has 1 heterocycles. The van der Waals surface area contributed by atoms with Crippen LogP contribution in [0.3, 0.4) is 0 Å². The van der Waals surface area contributed by atoms with Gasteiger partial charge in [0, 0.05) is 0 Å². The molecule has 2 aromatic rings. The minimum atomic E-state index is -0.464. The summed E-state index contributed by atoms with van der Waals surface area (Å²) >= 11 is 0. The average Bonchev–Trinajstić information content (AvgIpc) is 2.82. The lowest BCUT2D eigenvalue weighted by atomic mass is 9.98. The van der Waals surface area contributed by atoms with E-state index in [9.17, 15) is 5.11 Å². The van der Waals surface area contributed by atoms with E-state index in [0.717, 1.165) is 12.8 Å². The van der Waals surface area contributed by atoms with Gasteiger partial charge in [0.05, 0.1) is 19.8 Å². The second kappa shape index (κ2) is 7.02. The van der Waals surface area contributed by atoms with Gasteiger partial charge < -0.3 is 9.84 Å². The van der Waals surface area contributed by atoms with Gasteiger partial charge in [0.25, 0.3) is 0 Å². The molecule has 3 rings (SSSR count). The van der Waals surface area contributed by atoms with E-state index in [4.69, 9.17) is 4.74 Å². The molecule has 1 atom stereocenters. The van der Waals surface area contributed by atoms with Gasteiger partial charge in [0.1, 0.15) is 12.6 Å². The van der Waals surface area contributed by atoms with E-state index in [-0.39, 0.29) is 0 Å². The van der Waals surface area contributed by atoms with Crippen molar-refractivity contribution in [2.75, 3.05) is 6.61 Å². The third kappa shape index (κ3) is 3.75. The highest BCUT2D eigenvalue weighted by Gasteiger charge is 2.20. The summed E-state index contributed by atoms with van der Waals surface area (Å²) in [7, 11) is 2.05. The highest BCUT2D eigenvalue weighted by Crippen LogP contribution is 2.21. The number of aromatic nitrogens is 2. The summed E-state index contributed by atoms with van der Waals surface area (Å²) in [6.07, 6.45) is 8.09. The van der Waals surface area contributed by atoms with Gasteiger partial charge in [-0.25, -0.2) is 9.13 Å². The molecular weight excluding hydrogens is 288 g/mol. The molecule has 1 aromatic heterocycles. The van der Waals surface area contributed by atoms with Crippen LogP contribution in [0.25, 0.3) is 11.0 Å². The molecule has 1 aliphatic carbocycles. The number of imidazole rings is 1. The van der Waals surface area contributed by atoms with Gasteiger partial charge in [0.2, 0.25) is 6.33 Å². The fraction of sp³-hybridized carbons (Fsp3) is 0.632. The van der Waals surface area contributed by atoms with Crippen molar-refractivity contribution in [1.29, 1.82) is 0 Å². The Bertz CT molecular complexity index is 672. The maximum atomic E-state index is 10.4. The lowest BCUT2D eigenvalue weighted by Crippen LogP contribution is -2.28. The van der Waals surface area contributed by atoms with Crippen molar-refractivity contribution >= 4 is 11.0 Å². The Kier molecular flexibility index (Phi) is 5.02. The summed E-state index contributed by atoms with van der Waals surface area (Å²) in [6, 6.07) is 4.42. The number of hydrogen-bond donors (Lipinski definition) is 1. The van der Waals surface area contributed by atoms with Crippen molar-refractivity contribution in [2.24, 2.45) is 7.05 Å². The van der Waals surface area contributed by atoms with Crippen LogP contribution < -0.4 is 4.57 Å². The summed E-state index contributed by atoms with van der Waals surface area (Å²) in [4.78, 5) is 0. The molecule has 1 fully saturated rings. The molecule has 0 radical (unpaired) electrons. The van der Waals surface area contributed by atoms with Gasteiger partial charge in [0.15, 0.2) is 11.0 Å². The largest absolute Gasteiger partial charge is 0.387 e. The third-order valence-corrected chi connectivity index (χ3v) is 5.08. The maximum Gasteiger partial charge on any atom is 0.244 e. The standard InChI is InChI=1S/C19H29N2O2/c1-14-9-18-19(10-15(14)2)21(13-20(18)3)11-16(22)12-23-17-7-5-4-6-8-17/h9-10,13,16-17,22H,4-8,11-12H2,1-3H3/q+1/t16-/m0/s1. The lowest BCUT2D eigenvalue weighted by Gasteiger charge is -2.23. The molecule has 1 saturated carbocycles. The van der Waals surface area contributed by atoms with Crippen LogP contribution in [0.4, 0.5) is 0 Å². The molecule has 0 aliphatic heterocycles. The average molecular weight is 317 g/mol. The number of aryl methyl sites for hydroxylation is 3. The Morgan fingerprint density at radius 2 is 1.91 bits per heavy atom. The minimum Gasteiger partial charge on any atom is -0.387 e. The number of hydrogen-bond acceptors (Lipinski definition) is 2. The van der Waals surface area contributed by atoms with E-state index in [1.165, 1.54) is 41.4 Å². The van der Waals surface area contributed by atoms with E-state index in [1.807, 2.05) is 0 Å². The summed E-state index contributed by atoms with van der Waals surface area (Å²) in [5.41, 5.74) is 4.96. The van der Waals surface area contributed by atoms with Crippen LogP contribution in [-0.4, -0.2) is 28.5 Å². The van der Waals surface area contributed by atoms with Crippen LogP contribution in [0.5, 0.6) is 0 Å². The number of aliphatic hydroxyl groups is 1. The zero-order valence-electron chi connectivity index (χ0n) is 14.6. The Morgan fingerprint density at radius 1 is 1.22 bits per heavy atom. The molecule has 1 N–H and O–H groups in total. The van der Waals surface area contributed by atoms with Crippen LogP contribution in [0.1, 0.15) is 43.2 Å². The molecule has 1 aromatic carbocycles. The molecule has 0 unspecified atom stereocenters. The number of rotatable bonds is 5. The van der Waals surface area contributed by atoms with Gasteiger partial charge in [-0.15, -0.1) is 0 Å². The second-order valence-electron chi connectivity index (χ2n) is 7.05. The van der Waals surface area contributed by atoms with Crippen molar-refractivity contribution in [2.45, 2.75) is 64.7 Å². The van der Waals surface area contributed by atoms with Crippen LogP contribution in [0.15, 0.2) is 18.5 Å². The van der Waals surface area contributed by atoms with Crippen molar-refractivity contribution < 1.29 is 14.4 Å². The molecular formula is C19H29N2O2+. The smallest absolute Gasteiger partial charge is 0.244 e. The summed E-state index contributed by atoms with van der Waals surface area (Å²) in [5.74, 6) is 0. The zero-order chi connectivity index (χ0) is 16.4. The van der Waals surface area contributed by atoms with Crippen LogP contribution in [0.2, 0.25) is 0 Å². The van der Waals surface area contributed by atoms with Gasteiger partial charge >= 0.3 is 0 Å². The first-order chi connectivity index (χ1) is 11.0. The zero-order valence-corrected chi connectivity index (χ0v) is 14.6. The maximum absolute atomic E-state index is 10.4. The first-order valence-corrected chi connectivity index (χ1v) is 8.80. The van der Waals surface area contributed by atoms with Gasteiger partial charge in [-0.05, 0) is 49.9 Å². The van der Waals surface area contributed by atoms with Crippen molar-refractivity contribution in [3.05, 3.63) is 29.6 Å². The monoisotopic (exact) mass is 317 g/mol. The van der Waals surface area contributed by atoms with Gasteiger partial charge in [-0.3, -0.25) is 0 Å². The Labute approximate surface area is 138 Å². The molecule has 0 spiro atoms. The number of nitrogens with zero attached hydrogens (tertiary/aromatic N) is 2.